The second-order valence-corrected chi connectivity index (χ2v) is 16.6. The van der Waals surface area contributed by atoms with Crippen molar-refractivity contribution in [3.8, 4) is 0 Å². The first kappa shape index (κ1) is 28.2. The van der Waals surface area contributed by atoms with Crippen LogP contribution in [-0.4, -0.2) is 61.4 Å². The SMILES string of the molecule is CC(C)S(=O)(=O)c1ccc(S(=O)(=O)n2nc(N3CCN(c4ncc(Cl)cc4F)CC34CC4)c3c(F)ccc(F)c32)s1. The minimum absolute atomic E-state index is 0.0613. The summed E-state index contributed by atoms with van der Waals surface area (Å²) in [6, 6.07) is 5.18. The fraction of sp³-hybridized carbons (Fsp3) is 0.360. The van der Waals surface area contributed by atoms with E-state index in [9.17, 15) is 21.2 Å². The number of pyridine rings is 1. The molecule has 1 spiro atoms. The maximum atomic E-state index is 15.3. The van der Waals surface area contributed by atoms with Crippen LogP contribution >= 0.6 is 22.9 Å². The van der Waals surface area contributed by atoms with E-state index in [1.54, 1.807) is 9.80 Å². The third-order valence-electron chi connectivity index (χ3n) is 7.44. The van der Waals surface area contributed by atoms with Crippen molar-refractivity contribution in [2.24, 2.45) is 0 Å². The Balaban J connectivity index is 1.44. The zero-order chi connectivity index (χ0) is 29.5. The Hall–Kier alpha value is -2.88. The number of thiophene rings is 1. The summed E-state index contributed by atoms with van der Waals surface area (Å²) in [5.74, 6) is -2.42. The molecule has 2 fully saturated rings. The quantitative estimate of drug-likeness (QED) is 0.293. The van der Waals surface area contributed by atoms with Crippen LogP contribution < -0.4 is 9.80 Å². The van der Waals surface area contributed by atoms with Crippen LogP contribution in [0.5, 0.6) is 0 Å². The molecule has 9 nitrogen and oxygen atoms in total. The lowest BCUT2D eigenvalue weighted by Gasteiger charge is -2.43. The van der Waals surface area contributed by atoms with Gasteiger partial charge < -0.3 is 9.80 Å². The number of nitrogens with zero attached hydrogens (tertiary/aromatic N) is 5. The van der Waals surface area contributed by atoms with Crippen molar-refractivity contribution in [1.82, 2.24) is 14.2 Å². The molecule has 41 heavy (non-hydrogen) atoms. The lowest BCUT2D eigenvalue weighted by Crippen LogP contribution is -2.56. The summed E-state index contributed by atoms with van der Waals surface area (Å²) in [6.45, 7) is 3.67. The average molecular weight is 646 g/mol. The lowest BCUT2D eigenvalue weighted by molar-refractivity contribution is 0.492. The molecule has 0 amide bonds. The molecular formula is C25H23ClF3N5O4S3. The Morgan fingerprint density at radius 1 is 0.951 bits per heavy atom. The molecule has 4 aromatic rings. The molecule has 1 saturated carbocycles. The van der Waals surface area contributed by atoms with E-state index in [4.69, 9.17) is 11.6 Å². The molecule has 218 valence electrons. The predicted molar refractivity (Wildman–Crippen MR) is 150 cm³/mol. The largest absolute Gasteiger partial charge is 0.350 e. The number of hydrogen-bond donors (Lipinski definition) is 0. The highest BCUT2D eigenvalue weighted by Gasteiger charge is 2.53. The zero-order valence-electron chi connectivity index (χ0n) is 21.7. The second kappa shape index (κ2) is 9.57. The van der Waals surface area contributed by atoms with Gasteiger partial charge in [-0.25, -0.2) is 26.6 Å². The normalized spacial score (nSPS) is 17.2. The number of sulfone groups is 1. The molecule has 6 rings (SSSR count). The van der Waals surface area contributed by atoms with Gasteiger partial charge in [0, 0.05) is 25.8 Å². The van der Waals surface area contributed by atoms with Gasteiger partial charge in [-0.15, -0.1) is 20.5 Å². The number of hydrogen-bond acceptors (Lipinski definition) is 9. The van der Waals surface area contributed by atoms with Crippen molar-refractivity contribution in [1.29, 1.82) is 0 Å². The van der Waals surface area contributed by atoms with Crippen molar-refractivity contribution in [2.45, 2.75) is 45.9 Å². The molecular weight excluding hydrogens is 623 g/mol. The molecule has 1 aliphatic heterocycles. The molecule has 0 radical (unpaired) electrons. The van der Waals surface area contributed by atoms with Crippen LogP contribution in [0.3, 0.4) is 0 Å². The van der Waals surface area contributed by atoms with E-state index in [1.807, 2.05) is 0 Å². The Bertz CT molecular complexity index is 1920. The molecule has 0 bridgehead atoms. The highest BCUT2D eigenvalue weighted by Crippen LogP contribution is 2.49. The van der Waals surface area contributed by atoms with Gasteiger partial charge in [0.05, 0.1) is 21.2 Å². The summed E-state index contributed by atoms with van der Waals surface area (Å²) in [5, 5.41) is 3.32. The maximum Gasteiger partial charge on any atom is 0.293 e. The molecule has 1 saturated heterocycles. The Morgan fingerprint density at radius 3 is 2.29 bits per heavy atom. The smallest absolute Gasteiger partial charge is 0.293 e. The van der Waals surface area contributed by atoms with E-state index >= 15 is 8.78 Å². The molecule has 0 unspecified atom stereocenters. The van der Waals surface area contributed by atoms with Gasteiger partial charge in [0.2, 0.25) is 0 Å². The Morgan fingerprint density at radius 2 is 1.63 bits per heavy atom. The van der Waals surface area contributed by atoms with Gasteiger partial charge in [-0.3, -0.25) is 0 Å². The summed E-state index contributed by atoms with van der Waals surface area (Å²) >= 11 is 6.37. The van der Waals surface area contributed by atoms with Gasteiger partial charge in [-0.1, -0.05) is 11.6 Å². The number of halogens is 4. The summed E-state index contributed by atoms with van der Waals surface area (Å²) in [6.07, 6.45) is 2.59. The third kappa shape index (κ3) is 4.48. The predicted octanol–water partition coefficient (Wildman–Crippen LogP) is 4.84. The Kier molecular flexibility index (Phi) is 6.60. The molecule has 1 aromatic carbocycles. The third-order valence-corrected chi connectivity index (χ3v) is 13.5. The average Bonchev–Trinajstić information content (AvgIpc) is 3.31. The van der Waals surface area contributed by atoms with Gasteiger partial charge in [-0.05, 0) is 57.0 Å². The first-order chi connectivity index (χ1) is 19.3. The van der Waals surface area contributed by atoms with E-state index in [2.05, 4.69) is 10.1 Å². The summed E-state index contributed by atoms with van der Waals surface area (Å²) in [5.41, 5.74) is -1.22. The van der Waals surface area contributed by atoms with E-state index < -0.39 is 53.6 Å². The van der Waals surface area contributed by atoms with Crippen LogP contribution in [0.15, 0.2) is 44.9 Å². The monoisotopic (exact) mass is 645 g/mol. The van der Waals surface area contributed by atoms with Crippen molar-refractivity contribution < 1.29 is 30.0 Å². The number of benzene rings is 1. The Labute approximate surface area is 243 Å². The van der Waals surface area contributed by atoms with Crippen LogP contribution in [0.1, 0.15) is 26.7 Å². The van der Waals surface area contributed by atoms with E-state index in [0.717, 1.165) is 24.3 Å². The van der Waals surface area contributed by atoms with Crippen molar-refractivity contribution in [3.05, 3.63) is 59.0 Å². The van der Waals surface area contributed by atoms with Gasteiger partial charge in [-0.2, -0.15) is 8.42 Å². The van der Waals surface area contributed by atoms with Crippen molar-refractivity contribution in [3.63, 3.8) is 0 Å². The molecule has 16 heteroatoms. The number of aromatic nitrogens is 3. The molecule has 3 aromatic heterocycles. The molecule has 2 aliphatic rings. The summed E-state index contributed by atoms with van der Waals surface area (Å²) in [4.78, 5) is 7.61. The molecule has 0 atom stereocenters. The maximum absolute atomic E-state index is 15.3. The highest BCUT2D eigenvalue weighted by atomic mass is 35.5. The first-order valence-electron chi connectivity index (χ1n) is 12.6. The van der Waals surface area contributed by atoms with Crippen molar-refractivity contribution >= 4 is 65.3 Å². The highest BCUT2D eigenvalue weighted by molar-refractivity contribution is 7.95. The minimum Gasteiger partial charge on any atom is -0.350 e. The minimum atomic E-state index is -4.62. The fourth-order valence-corrected chi connectivity index (χ4v) is 9.83. The van der Waals surface area contributed by atoms with Crippen LogP contribution in [-0.2, 0) is 19.9 Å². The van der Waals surface area contributed by atoms with Gasteiger partial charge in [0.15, 0.2) is 33.1 Å². The van der Waals surface area contributed by atoms with E-state index in [1.165, 1.54) is 26.1 Å². The second-order valence-electron chi connectivity index (χ2n) is 10.3. The van der Waals surface area contributed by atoms with Crippen LogP contribution in [0.25, 0.3) is 10.9 Å². The number of piperazine rings is 1. The summed E-state index contributed by atoms with van der Waals surface area (Å²) in [7, 11) is -8.39. The molecule has 0 N–H and O–H groups in total. The first-order valence-corrected chi connectivity index (χ1v) is 16.7. The topological polar surface area (TPSA) is 105 Å². The zero-order valence-corrected chi connectivity index (χ0v) is 24.9. The fourth-order valence-electron chi connectivity index (χ4n) is 5.10. The van der Waals surface area contributed by atoms with E-state index in [-0.39, 0.29) is 50.1 Å². The molecule has 4 heterocycles. The standard InChI is InChI=1S/C25H23ClF3N5O4S3/c1-14(2)40(35,36)19-5-6-20(39-19)41(37,38)34-22-17(28)4-3-16(27)21(22)24(31-34)33-10-9-32(13-25(33)7-8-25)23-18(29)11-15(26)12-30-23/h3-6,11-12,14H,7-10,13H2,1-2H3. The van der Waals surface area contributed by atoms with Gasteiger partial charge in [0.1, 0.15) is 19.8 Å². The number of rotatable bonds is 6. The van der Waals surface area contributed by atoms with Gasteiger partial charge >= 0.3 is 0 Å². The summed E-state index contributed by atoms with van der Waals surface area (Å²) < 4.78 is 97.8. The molecule has 1 aliphatic carbocycles. The van der Waals surface area contributed by atoms with Crippen LogP contribution in [0.4, 0.5) is 24.8 Å². The van der Waals surface area contributed by atoms with E-state index in [0.29, 0.717) is 28.3 Å². The van der Waals surface area contributed by atoms with Crippen LogP contribution in [0, 0.1) is 17.5 Å². The number of anilines is 2. The van der Waals surface area contributed by atoms with Crippen molar-refractivity contribution in [2.75, 3.05) is 29.4 Å². The van der Waals surface area contributed by atoms with Crippen LogP contribution in [0.2, 0.25) is 5.02 Å². The lowest BCUT2D eigenvalue weighted by atomic mass is 10.1. The van der Waals surface area contributed by atoms with Gasteiger partial charge in [0.25, 0.3) is 10.0 Å². The number of fused-ring (bicyclic) bond motifs is 1.